The Morgan fingerprint density at radius 1 is 1.24 bits per heavy atom. The van der Waals surface area contributed by atoms with Gasteiger partial charge in [-0.2, -0.15) is 0 Å². The van der Waals surface area contributed by atoms with Crippen molar-refractivity contribution in [2.24, 2.45) is 10.7 Å². The van der Waals surface area contributed by atoms with E-state index in [4.69, 9.17) is 20.9 Å². The van der Waals surface area contributed by atoms with Gasteiger partial charge in [0, 0.05) is 41.5 Å². The van der Waals surface area contributed by atoms with Crippen molar-refractivity contribution in [3.05, 3.63) is 59.5 Å². The van der Waals surface area contributed by atoms with E-state index in [-0.39, 0.29) is 11.4 Å². The molecule has 5 rings (SSSR count). The smallest absolute Gasteiger partial charge is 0.264 e. The van der Waals surface area contributed by atoms with E-state index in [0.717, 1.165) is 12.0 Å². The molecule has 1 aliphatic heterocycles. The number of rotatable bonds is 5. The number of nitrogens with one attached hydrogen (secondary N) is 1. The third-order valence-corrected chi connectivity index (χ3v) is 6.02. The summed E-state index contributed by atoms with van der Waals surface area (Å²) in [5, 5.41) is 7.73. The van der Waals surface area contributed by atoms with Crippen molar-refractivity contribution >= 4 is 39.8 Å². The first-order chi connectivity index (χ1) is 16.5. The Kier molecular flexibility index (Phi) is 5.66. The maximum Gasteiger partial charge on any atom is 0.264 e. The predicted molar refractivity (Wildman–Crippen MR) is 129 cm³/mol. The topological polar surface area (TPSA) is 105 Å². The molecule has 0 spiro atoms. The van der Waals surface area contributed by atoms with Crippen LogP contribution in [0.2, 0.25) is 0 Å². The van der Waals surface area contributed by atoms with Crippen molar-refractivity contribution in [3.8, 4) is 5.69 Å². The van der Waals surface area contributed by atoms with Crippen molar-refractivity contribution in [1.82, 2.24) is 14.5 Å². The number of aryl methyl sites for hydroxylation is 1. The Hall–Kier alpha value is -3.92. The van der Waals surface area contributed by atoms with Gasteiger partial charge in [-0.1, -0.05) is 12.1 Å². The molecule has 3 heterocycles. The Morgan fingerprint density at radius 2 is 2.03 bits per heavy atom. The van der Waals surface area contributed by atoms with E-state index in [9.17, 15) is 8.78 Å². The molecule has 2 aromatic heterocycles. The molecule has 0 aliphatic carbocycles. The summed E-state index contributed by atoms with van der Waals surface area (Å²) in [6, 6.07) is 10.3. The zero-order valence-corrected chi connectivity index (χ0v) is 18.5. The number of anilines is 1. The zero-order chi connectivity index (χ0) is 23.8. The molecule has 1 saturated heterocycles. The maximum absolute atomic E-state index is 14.0. The van der Waals surface area contributed by atoms with Crippen LogP contribution in [0.15, 0.2) is 47.6 Å². The molecule has 3 N–H and O–H groups in total. The highest BCUT2D eigenvalue weighted by Crippen LogP contribution is 2.35. The second-order valence-corrected chi connectivity index (χ2v) is 7.97. The molecule has 0 atom stereocenters. The van der Waals surface area contributed by atoms with E-state index >= 15 is 0 Å². The number of nitrogens with zero attached hydrogens (tertiary/aromatic N) is 5. The number of aromatic nitrogens is 3. The lowest BCUT2D eigenvalue weighted by atomic mass is 10.1. The largest absolute Gasteiger partial charge is 0.383 e. The number of alkyl halides is 2. The van der Waals surface area contributed by atoms with Crippen molar-refractivity contribution in [2.75, 3.05) is 31.2 Å². The van der Waals surface area contributed by atoms with Crippen LogP contribution < -0.4 is 10.6 Å². The van der Waals surface area contributed by atoms with Crippen LogP contribution in [0.3, 0.4) is 0 Å². The van der Waals surface area contributed by atoms with Gasteiger partial charge < -0.3 is 15.4 Å². The normalized spacial score (nSPS) is 14.9. The van der Waals surface area contributed by atoms with E-state index < -0.39 is 6.43 Å². The molecule has 10 heteroatoms. The van der Waals surface area contributed by atoms with E-state index in [1.165, 1.54) is 6.07 Å². The number of benzene rings is 2. The lowest BCUT2D eigenvalue weighted by Crippen LogP contribution is -2.36. The third-order valence-electron chi connectivity index (χ3n) is 6.02. The van der Waals surface area contributed by atoms with Crippen LogP contribution in [-0.4, -0.2) is 53.0 Å². The molecule has 1 aliphatic rings. The van der Waals surface area contributed by atoms with Gasteiger partial charge in [-0.15, -0.1) is 0 Å². The molecule has 0 bridgehead atoms. The molecule has 4 aromatic rings. The highest BCUT2D eigenvalue weighted by atomic mass is 19.3. The molecule has 0 amide bonds. The van der Waals surface area contributed by atoms with Crippen molar-refractivity contribution < 1.29 is 13.5 Å². The summed E-state index contributed by atoms with van der Waals surface area (Å²) in [6.45, 7) is 4.42. The minimum Gasteiger partial charge on any atom is -0.383 e. The van der Waals surface area contributed by atoms with Crippen LogP contribution in [0, 0.1) is 12.3 Å². The predicted octanol–water partition coefficient (Wildman–Crippen LogP) is 3.97. The van der Waals surface area contributed by atoms with Crippen molar-refractivity contribution in [3.63, 3.8) is 0 Å². The average molecular weight is 463 g/mol. The van der Waals surface area contributed by atoms with Gasteiger partial charge in [0.15, 0.2) is 0 Å². The van der Waals surface area contributed by atoms with Crippen LogP contribution in [-0.2, 0) is 4.74 Å². The molecule has 0 saturated carbocycles. The van der Waals surface area contributed by atoms with Crippen LogP contribution in [0.5, 0.6) is 0 Å². The van der Waals surface area contributed by atoms with Crippen LogP contribution >= 0.6 is 0 Å². The molecular formula is C24H23F2N7O. The van der Waals surface area contributed by atoms with Crippen LogP contribution in [0.4, 0.5) is 14.5 Å². The number of imidazole rings is 1. The van der Waals surface area contributed by atoms with Gasteiger partial charge in [0.1, 0.15) is 23.5 Å². The Labute approximate surface area is 194 Å². The lowest BCUT2D eigenvalue weighted by molar-refractivity contribution is 0.122. The van der Waals surface area contributed by atoms with Gasteiger partial charge in [0.25, 0.3) is 6.43 Å². The number of ether oxygens (including phenoxy) is 1. The average Bonchev–Trinajstić information content (AvgIpc) is 3.18. The standard InChI is InChI=1S/C24H23F2N7O/c1-14-31-22-17(24(28)30-13-27)11-15(32-7-9-34-10-8-32)12-20(22)33(14)19-5-6-29-18-4-2-3-16(21(18)19)23(25)26/h2-6,11-13,23H,7-10H2,1H3,(H3,27,28,30). The zero-order valence-electron chi connectivity index (χ0n) is 18.5. The Morgan fingerprint density at radius 3 is 2.76 bits per heavy atom. The summed E-state index contributed by atoms with van der Waals surface area (Å²) in [6.07, 6.45) is -0.162. The number of nitrogens with two attached hydrogens (primary N) is 1. The van der Waals surface area contributed by atoms with Crippen molar-refractivity contribution in [1.29, 1.82) is 5.41 Å². The maximum atomic E-state index is 14.0. The Bertz CT molecular complexity index is 1420. The molecule has 0 radical (unpaired) electrons. The van der Waals surface area contributed by atoms with Crippen molar-refractivity contribution in [2.45, 2.75) is 13.3 Å². The lowest BCUT2D eigenvalue weighted by Gasteiger charge is -2.29. The minimum absolute atomic E-state index is 0.0868. The van der Waals surface area contributed by atoms with Crippen LogP contribution in [0.25, 0.3) is 27.6 Å². The number of halogens is 2. The van der Waals surface area contributed by atoms with Crippen LogP contribution in [0.1, 0.15) is 23.4 Å². The number of morpholine rings is 1. The van der Waals surface area contributed by atoms with E-state index in [0.29, 0.717) is 65.3 Å². The summed E-state index contributed by atoms with van der Waals surface area (Å²) in [5.41, 5.74) is 9.93. The van der Waals surface area contributed by atoms with Gasteiger partial charge in [-0.3, -0.25) is 15.0 Å². The Balaban J connectivity index is 1.84. The summed E-state index contributed by atoms with van der Waals surface area (Å²) in [5.74, 6) is 0.766. The summed E-state index contributed by atoms with van der Waals surface area (Å²) in [7, 11) is 0. The second kappa shape index (κ2) is 8.79. The number of amidine groups is 1. The summed E-state index contributed by atoms with van der Waals surface area (Å²) in [4.78, 5) is 15.2. The molecule has 174 valence electrons. The fourth-order valence-electron chi connectivity index (χ4n) is 4.50. The highest BCUT2D eigenvalue weighted by Gasteiger charge is 2.22. The number of pyridine rings is 1. The minimum atomic E-state index is -2.66. The number of fused-ring (bicyclic) bond motifs is 2. The van der Waals surface area contributed by atoms with E-state index in [1.807, 2.05) is 23.6 Å². The molecule has 34 heavy (non-hydrogen) atoms. The van der Waals surface area contributed by atoms with E-state index in [2.05, 4.69) is 14.9 Å². The first-order valence-corrected chi connectivity index (χ1v) is 10.8. The molecule has 8 nitrogen and oxygen atoms in total. The fourth-order valence-corrected chi connectivity index (χ4v) is 4.50. The first kappa shape index (κ1) is 21.9. The third kappa shape index (κ3) is 3.65. The summed E-state index contributed by atoms with van der Waals surface area (Å²) >= 11 is 0. The summed E-state index contributed by atoms with van der Waals surface area (Å²) < 4.78 is 35.3. The first-order valence-electron chi connectivity index (χ1n) is 10.8. The van der Waals surface area contributed by atoms with Gasteiger partial charge in [0.05, 0.1) is 29.9 Å². The number of aliphatic imine (C=N–C) groups is 1. The highest BCUT2D eigenvalue weighted by molar-refractivity contribution is 6.11. The molecular weight excluding hydrogens is 440 g/mol. The van der Waals surface area contributed by atoms with Gasteiger partial charge in [-0.25, -0.2) is 18.8 Å². The van der Waals surface area contributed by atoms with Gasteiger partial charge in [0.2, 0.25) is 0 Å². The monoisotopic (exact) mass is 463 g/mol. The molecule has 2 aromatic carbocycles. The van der Waals surface area contributed by atoms with E-state index in [1.54, 1.807) is 24.4 Å². The second-order valence-electron chi connectivity index (χ2n) is 7.97. The number of hydrogen-bond acceptors (Lipinski definition) is 5. The SMILES string of the molecule is Cc1nc2c(C(N)=NC=N)cc(N3CCOCC3)cc2n1-c1ccnc2cccc(C(F)F)c12. The van der Waals surface area contributed by atoms with Gasteiger partial charge >= 0.3 is 0 Å². The number of hydrogen-bond donors (Lipinski definition) is 2. The quantitative estimate of drug-likeness (QED) is 0.344. The van der Waals surface area contributed by atoms with Gasteiger partial charge in [-0.05, 0) is 31.2 Å². The fraction of sp³-hybridized carbons (Fsp3) is 0.250. The molecule has 0 unspecified atom stereocenters. The molecule has 1 fully saturated rings.